The average molecular weight is 423 g/mol. The molecule has 2 spiro atoms. The van der Waals surface area contributed by atoms with Gasteiger partial charge in [0.2, 0.25) is 13.7 Å². The first-order chi connectivity index (χ1) is 14.1. The fourth-order valence-corrected chi connectivity index (χ4v) is 6.22. The van der Waals surface area contributed by atoms with Crippen molar-refractivity contribution in [1.82, 2.24) is 14.7 Å². The Morgan fingerprint density at radius 2 is 1.90 bits per heavy atom. The summed E-state index contributed by atoms with van der Waals surface area (Å²) in [6.07, 6.45) is 4.37. The Labute approximate surface area is 178 Å². The molecule has 0 bridgehead atoms. The minimum atomic E-state index is -2.22. The van der Waals surface area contributed by atoms with Crippen molar-refractivity contribution in [2.24, 2.45) is 5.41 Å². The molecular weight excluding hydrogens is 389 g/mol. The quantitative estimate of drug-likeness (QED) is 0.495. The van der Waals surface area contributed by atoms with E-state index >= 15 is 0 Å². The van der Waals surface area contributed by atoms with Crippen LogP contribution in [0.4, 0.5) is 9.59 Å². The van der Waals surface area contributed by atoms with E-state index in [1.54, 1.807) is 0 Å². The monoisotopic (exact) mass is 423 g/mol. The molecule has 0 radical (unpaired) electrons. The van der Waals surface area contributed by atoms with Crippen molar-refractivity contribution in [3.8, 4) is 0 Å². The molecule has 1 aliphatic carbocycles. The van der Waals surface area contributed by atoms with Crippen LogP contribution in [0.1, 0.15) is 52.4 Å². The number of likely N-dealkylation sites (tertiary alicyclic amines) is 2. The standard InChI is InChI=1S/C20H34BN3O6/c1-3-15-19(30-17(26)24(15)20(21,27)28)6-9-22(10-7-19)14-11-18(12-14)5-8-23(13-18)16(25)29-4-2/h14-15,27-28H,3-13,21H2,1-2H3. The maximum absolute atomic E-state index is 12.4. The first kappa shape index (κ1) is 21.7. The molecular formula is C20H34BN3O6. The molecule has 9 nitrogen and oxygen atoms in total. The normalized spacial score (nSPS) is 33.8. The second-order valence-corrected chi connectivity index (χ2v) is 9.67. The van der Waals surface area contributed by atoms with E-state index in [-0.39, 0.29) is 17.6 Å². The number of hydrogen-bond donors (Lipinski definition) is 2. The van der Waals surface area contributed by atoms with E-state index in [2.05, 4.69) is 4.90 Å². The summed E-state index contributed by atoms with van der Waals surface area (Å²) in [5.41, 5.74) is -0.421. The number of amides is 2. The molecule has 30 heavy (non-hydrogen) atoms. The summed E-state index contributed by atoms with van der Waals surface area (Å²) in [6, 6.07) is 0.159. The van der Waals surface area contributed by atoms with Gasteiger partial charge in [0.1, 0.15) is 5.60 Å². The van der Waals surface area contributed by atoms with Crippen LogP contribution in [0.5, 0.6) is 0 Å². The Morgan fingerprint density at radius 3 is 2.47 bits per heavy atom. The number of carbonyl (C=O) groups excluding carboxylic acids is 2. The SMILES string of the molecule is BC(O)(O)N1C(=O)OC2(CCN(C3CC4(CCN(C(=O)OCC)C4)C3)CC2)C1CC. The highest BCUT2D eigenvalue weighted by molar-refractivity contribution is 6.13. The number of aliphatic hydroxyl groups is 2. The lowest BCUT2D eigenvalue weighted by Gasteiger charge is -2.53. The number of rotatable bonds is 4. The average Bonchev–Trinajstić information content (AvgIpc) is 3.21. The Balaban J connectivity index is 1.32. The Kier molecular flexibility index (Phi) is 5.47. The summed E-state index contributed by atoms with van der Waals surface area (Å²) >= 11 is 0. The van der Waals surface area contributed by atoms with Crippen LogP contribution in [0.3, 0.4) is 0 Å². The molecule has 0 aromatic heterocycles. The zero-order valence-corrected chi connectivity index (χ0v) is 18.3. The fraction of sp³-hybridized carbons (Fsp3) is 0.900. The van der Waals surface area contributed by atoms with E-state index < -0.39 is 17.5 Å². The number of carbonyl (C=O) groups is 2. The number of hydrogen-bond acceptors (Lipinski definition) is 7. The molecule has 1 unspecified atom stereocenters. The van der Waals surface area contributed by atoms with Gasteiger partial charge in [-0.1, -0.05) is 6.92 Å². The van der Waals surface area contributed by atoms with Crippen LogP contribution in [0.15, 0.2) is 0 Å². The first-order valence-electron chi connectivity index (χ1n) is 11.3. The molecule has 4 aliphatic rings. The Hall–Kier alpha value is -1.52. The highest BCUT2D eigenvalue weighted by Crippen LogP contribution is 2.51. The van der Waals surface area contributed by atoms with Crippen molar-refractivity contribution >= 4 is 20.0 Å². The van der Waals surface area contributed by atoms with Crippen LogP contribution in [0, 0.1) is 5.41 Å². The lowest BCUT2D eigenvalue weighted by atomic mass is 9.64. The van der Waals surface area contributed by atoms with Gasteiger partial charge in [-0.25, -0.2) is 9.59 Å². The van der Waals surface area contributed by atoms with Crippen LogP contribution in [-0.2, 0) is 9.47 Å². The molecule has 2 amide bonds. The van der Waals surface area contributed by atoms with Crippen LogP contribution >= 0.6 is 0 Å². The van der Waals surface area contributed by atoms with Gasteiger partial charge in [-0.05, 0) is 38.0 Å². The second kappa shape index (κ2) is 7.56. The Bertz CT molecular complexity index is 685. The summed E-state index contributed by atoms with van der Waals surface area (Å²) in [4.78, 5) is 29.8. The number of ether oxygens (including phenoxy) is 2. The summed E-state index contributed by atoms with van der Waals surface area (Å²) in [7, 11) is 1.21. The van der Waals surface area contributed by atoms with E-state index in [4.69, 9.17) is 9.47 Å². The molecule has 10 heteroatoms. The van der Waals surface area contributed by atoms with Gasteiger partial charge in [-0.2, -0.15) is 0 Å². The van der Waals surface area contributed by atoms with Gasteiger partial charge in [-0.3, -0.25) is 4.90 Å². The lowest BCUT2D eigenvalue weighted by molar-refractivity contribution is -0.187. The molecule has 2 N–H and O–H groups in total. The van der Waals surface area contributed by atoms with E-state index in [0.717, 1.165) is 50.3 Å². The summed E-state index contributed by atoms with van der Waals surface area (Å²) in [6.45, 7) is 7.41. The van der Waals surface area contributed by atoms with Gasteiger partial charge in [0, 0.05) is 45.1 Å². The molecule has 0 aromatic carbocycles. The third-order valence-corrected chi connectivity index (χ3v) is 7.71. The second-order valence-electron chi connectivity index (χ2n) is 9.67. The van der Waals surface area contributed by atoms with Crippen molar-refractivity contribution in [3.63, 3.8) is 0 Å². The molecule has 0 aromatic rings. The maximum Gasteiger partial charge on any atom is 0.414 e. The van der Waals surface area contributed by atoms with Crippen molar-refractivity contribution in [2.45, 2.75) is 75.9 Å². The smallest absolute Gasteiger partial charge is 0.414 e. The van der Waals surface area contributed by atoms with E-state index in [0.29, 0.717) is 31.9 Å². The largest absolute Gasteiger partial charge is 0.450 e. The van der Waals surface area contributed by atoms with Crippen LogP contribution in [0.2, 0.25) is 0 Å². The molecule has 168 valence electrons. The van der Waals surface area contributed by atoms with Crippen molar-refractivity contribution in [3.05, 3.63) is 0 Å². The number of piperidine rings is 1. The predicted molar refractivity (Wildman–Crippen MR) is 110 cm³/mol. The van der Waals surface area contributed by atoms with Crippen molar-refractivity contribution in [1.29, 1.82) is 0 Å². The fourth-order valence-electron chi connectivity index (χ4n) is 6.22. The van der Waals surface area contributed by atoms with Crippen LogP contribution in [0.25, 0.3) is 0 Å². The predicted octanol–water partition coefficient (Wildman–Crippen LogP) is 0.292. The summed E-state index contributed by atoms with van der Waals surface area (Å²) in [5.74, 6) is -2.22. The van der Waals surface area contributed by atoms with E-state index in [9.17, 15) is 19.8 Å². The van der Waals surface area contributed by atoms with Gasteiger partial charge in [0.05, 0.1) is 12.6 Å². The first-order valence-corrected chi connectivity index (χ1v) is 11.3. The summed E-state index contributed by atoms with van der Waals surface area (Å²) in [5, 5.41) is 20.1. The maximum atomic E-state index is 12.4. The zero-order valence-electron chi connectivity index (χ0n) is 18.3. The molecule has 3 heterocycles. The van der Waals surface area contributed by atoms with Gasteiger partial charge < -0.3 is 29.5 Å². The molecule has 1 saturated carbocycles. The van der Waals surface area contributed by atoms with Gasteiger partial charge in [-0.15, -0.1) is 0 Å². The minimum absolute atomic E-state index is 0.198. The third-order valence-electron chi connectivity index (χ3n) is 7.71. The van der Waals surface area contributed by atoms with Gasteiger partial charge in [0.25, 0.3) is 0 Å². The van der Waals surface area contributed by atoms with E-state index in [1.807, 2.05) is 18.7 Å². The Morgan fingerprint density at radius 1 is 1.23 bits per heavy atom. The highest BCUT2D eigenvalue weighted by Gasteiger charge is 2.59. The third kappa shape index (κ3) is 3.56. The zero-order chi connectivity index (χ0) is 21.7. The number of nitrogens with zero attached hydrogens (tertiary/aromatic N) is 3. The van der Waals surface area contributed by atoms with Gasteiger partial charge in [0.15, 0.2) is 0 Å². The molecule has 3 aliphatic heterocycles. The molecule has 3 saturated heterocycles. The lowest BCUT2D eigenvalue weighted by Crippen LogP contribution is -2.61. The van der Waals surface area contributed by atoms with E-state index in [1.165, 1.54) is 7.85 Å². The molecule has 4 rings (SSSR count). The van der Waals surface area contributed by atoms with Gasteiger partial charge >= 0.3 is 12.2 Å². The van der Waals surface area contributed by atoms with Crippen molar-refractivity contribution in [2.75, 3.05) is 32.8 Å². The van der Waals surface area contributed by atoms with Crippen molar-refractivity contribution < 1.29 is 29.3 Å². The summed E-state index contributed by atoms with van der Waals surface area (Å²) < 4.78 is 10.9. The van der Waals surface area contributed by atoms with Crippen LogP contribution < -0.4 is 0 Å². The minimum Gasteiger partial charge on any atom is -0.450 e. The molecule has 4 fully saturated rings. The highest BCUT2D eigenvalue weighted by atomic mass is 16.6. The van der Waals surface area contributed by atoms with Crippen LogP contribution in [-0.4, -0.2) is 101 Å². The molecule has 1 atom stereocenters. The topological polar surface area (TPSA) is 103 Å².